The number of hydrogen-bond donors (Lipinski definition) is 0. The lowest BCUT2D eigenvalue weighted by atomic mass is 9.94. The zero-order valence-electron chi connectivity index (χ0n) is 19.9. The molecule has 0 heterocycles. The van der Waals surface area contributed by atoms with Crippen LogP contribution >= 0.6 is 0 Å². The molecule has 0 radical (unpaired) electrons. The van der Waals surface area contributed by atoms with Gasteiger partial charge in [0, 0.05) is 0 Å². The highest BCUT2D eigenvalue weighted by molar-refractivity contribution is 5.98. The van der Waals surface area contributed by atoms with Crippen molar-refractivity contribution >= 4 is 5.71 Å². The summed E-state index contributed by atoms with van der Waals surface area (Å²) in [4.78, 5) is 4.86. The molecular formula is C27H35NO4. The zero-order chi connectivity index (χ0) is 22.9. The highest BCUT2D eigenvalue weighted by Gasteiger charge is 2.29. The van der Waals surface area contributed by atoms with Crippen LogP contribution < -0.4 is 14.2 Å². The highest BCUT2D eigenvalue weighted by atomic mass is 16.6. The normalized spacial score (nSPS) is 19.1. The van der Waals surface area contributed by atoms with Crippen LogP contribution in [0.15, 0.2) is 53.7 Å². The van der Waals surface area contributed by atoms with Gasteiger partial charge in [0.1, 0.15) is 43.2 Å². The van der Waals surface area contributed by atoms with Gasteiger partial charge in [-0.15, -0.1) is 0 Å². The Morgan fingerprint density at radius 1 is 0.969 bits per heavy atom. The molecule has 0 N–H and O–H groups in total. The van der Waals surface area contributed by atoms with Gasteiger partial charge in [-0.2, -0.15) is 0 Å². The number of nitrogens with zero attached hydrogens (tertiary/aromatic N) is 1. The summed E-state index contributed by atoms with van der Waals surface area (Å²) in [7, 11) is 1.55. The third-order valence-electron chi connectivity index (χ3n) is 5.71. The quantitative estimate of drug-likeness (QED) is 0.259. The molecule has 2 aromatic rings. The molecule has 0 aliphatic heterocycles. The largest absolute Gasteiger partial charge is 0.490 e. The van der Waals surface area contributed by atoms with Crippen molar-refractivity contribution in [3.63, 3.8) is 0 Å². The molecular weight excluding hydrogens is 402 g/mol. The van der Waals surface area contributed by atoms with Gasteiger partial charge >= 0.3 is 0 Å². The van der Waals surface area contributed by atoms with Crippen LogP contribution in [0, 0.1) is 13.8 Å². The molecule has 5 nitrogen and oxygen atoms in total. The first kappa shape index (κ1) is 23.7. The second-order valence-electron chi connectivity index (χ2n) is 8.25. The molecule has 0 saturated heterocycles. The van der Waals surface area contributed by atoms with Crippen LogP contribution in [0.25, 0.3) is 0 Å². The molecule has 32 heavy (non-hydrogen) atoms. The first-order valence-electron chi connectivity index (χ1n) is 11.4. The Balaban J connectivity index is 1.70. The smallest absolute Gasteiger partial charge is 0.135 e. The third kappa shape index (κ3) is 6.28. The third-order valence-corrected chi connectivity index (χ3v) is 5.71. The molecule has 1 fully saturated rings. The molecule has 1 saturated carbocycles. The van der Waals surface area contributed by atoms with Crippen molar-refractivity contribution in [2.24, 2.45) is 5.16 Å². The van der Waals surface area contributed by atoms with Crippen LogP contribution in [0.4, 0.5) is 0 Å². The summed E-state index contributed by atoms with van der Waals surface area (Å²) in [6.07, 6.45) is 8.30. The SMILES string of the molecule is C/C=C/COc1cc(C)c(OC2CCCCC2Oc2ccc(/C(C)=N/OC)cc2)c(C)c1. The highest BCUT2D eigenvalue weighted by Crippen LogP contribution is 2.33. The molecule has 5 heteroatoms. The van der Waals surface area contributed by atoms with Crippen molar-refractivity contribution < 1.29 is 19.0 Å². The fourth-order valence-corrected chi connectivity index (χ4v) is 4.04. The van der Waals surface area contributed by atoms with E-state index in [4.69, 9.17) is 19.0 Å². The van der Waals surface area contributed by atoms with Crippen LogP contribution in [0.1, 0.15) is 56.2 Å². The second kappa shape index (κ2) is 11.6. The lowest BCUT2D eigenvalue weighted by Crippen LogP contribution is -2.39. The summed E-state index contributed by atoms with van der Waals surface area (Å²) in [5, 5.41) is 3.99. The first-order chi connectivity index (χ1) is 15.5. The van der Waals surface area contributed by atoms with Gasteiger partial charge in [0.05, 0.1) is 5.71 Å². The van der Waals surface area contributed by atoms with E-state index in [1.807, 2.05) is 62.4 Å². The predicted octanol–water partition coefficient (Wildman–Crippen LogP) is 6.40. The van der Waals surface area contributed by atoms with E-state index < -0.39 is 0 Å². The molecule has 2 unspecified atom stereocenters. The van der Waals surface area contributed by atoms with Crippen molar-refractivity contribution in [1.29, 1.82) is 0 Å². The Hall–Kier alpha value is -2.95. The van der Waals surface area contributed by atoms with Gasteiger partial charge in [0.25, 0.3) is 0 Å². The molecule has 1 aliphatic rings. The summed E-state index contributed by atoms with van der Waals surface area (Å²) in [5.74, 6) is 2.65. The van der Waals surface area contributed by atoms with E-state index in [1.54, 1.807) is 7.11 Å². The summed E-state index contributed by atoms with van der Waals surface area (Å²) < 4.78 is 18.7. The average Bonchev–Trinajstić information content (AvgIpc) is 2.78. The van der Waals surface area contributed by atoms with E-state index in [9.17, 15) is 0 Å². The van der Waals surface area contributed by atoms with Crippen LogP contribution in [0.5, 0.6) is 17.2 Å². The Bertz CT molecular complexity index is 910. The molecule has 0 aromatic heterocycles. The fraction of sp³-hybridized carbons (Fsp3) is 0.444. The maximum absolute atomic E-state index is 6.55. The maximum atomic E-state index is 6.55. The van der Waals surface area contributed by atoms with E-state index >= 15 is 0 Å². The Labute approximate surface area is 192 Å². The summed E-state index contributed by atoms with van der Waals surface area (Å²) in [6.45, 7) is 8.64. The molecule has 3 rings (SSSR count). The van der Waals surface area contributed by atoms with Crippen LogP contribution in [0.2, 0.25) is 0 Å². The lowest BCUT2D eigenvalue weighted by molar-refractivity contribution is 0.0224. The Morgan fingerprint density at radius 3 is 2.19 bits per heavy atom. The number of oxime groups is 1. The predicted molar refractivity (Wildman–Crippen MR) is 129 cm³/mol. The van der Waals surface area contributed by atoms with Crippen molar-refractivity contribution in [3.05, 3.63) is 65.2 Å². The topological polar surface area (TPSA) is 49.3 Å². The van der Waals surface area contributed by atoms with E-state index in [-0.39, 0.29) is 12.2 Å². The minimum absolute atomic E-state index is 0.0207. The minimum atomic E-state index is 0.0207. The molecule has 2 aromatic carbocycles. The number of allylic oxidation sites excluding steroid dienone is 1. The van der Waals surface area contributed by atoms with Crippen molar-refractivity contribution in [3.8, 4) is 17.2 Å². The molecule has 0 amide bonds. The number of hydrogen-bond acceptors (Lipinski definition) is 5. The lowest BCUT2D eigenvalue weighted by Gasteiger charge is -2.33. The van der Waals surface area contributed by atoms with Crippen molar-refractivity contribution in [2.45, 2.75) is 65.6 Å². The van der Waals surface area contributed by atoms with E-state index in [2.05, 4.69) is 19.0 Å². The van der Waals surface area contributed by atoms with Gasteiger partial charge < -0.3 is 19.0 Å². The second-order valence-corrected chi connectivity index (χ2v) is 8.25. The molecule has 2 atom stereocenters. The minimum Gasteiger partial charge on any atom is -0.490 e. The Kier molecular flexibility index (Phi) is 8.60. The van der Waals surface area contributed by atoms with Crippen LogP contribution in [0.3, 0.4) is 0 Å². The zero-order valence-corrected chi connectivity index (χ0v) is 19.9. The van der Waals surface area contributed by atoms with Gasteiger partial charge in [-0.1, -0.05) is 17.3 Å². The standard InChI is InChI=1S/C27H35NO4/c1-6-7-16-30-24-17-19(2)27(20(3)18-24)32-26-11-9-8-10-25(26)31-23-14-12-22(13-15-23)21(4)28-29-5/h6-7,12-15,17-18,25-26H,8-11,16H2,1-5H3/b7-6+,28-21+. The van der Waals surface area contributed by atoms with Gasteiger partial charge in [-0.05, 0) is 106 Å². The molecule has 0 spiro atoms. The van der Waals surface area contributed by atoms with Gasteiger partial charge in [-0.25, -0.2) is 0 Å². The van der Waals surface area contributed by atoms with Crippen LogP contribution in [-0.4, -0.2) is 31.6 Å². The van der Waals surface area contributed by atoms with E-state index in [0.717, 1.165) is 65.3 Å². The summed E-state index contributed by atoms with van der Waals surface area (Å²) in [6, 6.07) is 12.1. The average molecular weight is 438 g/mol. The molecule has 0 bridgehead atoms. The molecule has 1 aliphatic carbocycles. The number of aryl methyl sites for hydroxylation is 2. The number of benzene rings is 2. The van der Waals surface area contributed by atoms with Crippen molar-refractivity contribution in [2.75, 3.05) is 13.7 Å². The van der Waals surface area contributed by atoms with Crippen LogP contribution in [-0.2, 0) is 4.84 Å². The van der Waals surface area contributed by atoms with Gasteiger partial charge in [0.2, 0.25) is 0 Å². The maximum Gasteiger partial charge on any atom is 0.135 e. The monoisotopic (exact) mass is 437 g/mol. The van der Waals surface area contributed by atoms with Gasteiger partial charge in [-0.3, -0.25) is 0 Å². The number of rotatable bonds is 9. The van der Waals surface area contributed by atoms with E-state index in [1.165, 1.54) is 0 Å². The van der Waals surface area contributed by atoms with Crippen molar-refractivity contribution in [1.82, 2.24) is 0 Å². The molecule has 172 valence electrons. The summed E-state index contributed by atoms with van der Waals surface area (Å²) >= 11 is 0. The first-order valence-corrected chi connectivity index (χ1v) is 11.4. The van der Waals surface area contributed by atoms with E-state index in [0.29, 0.717) is 6.61 Å². The Morgan fingerprint density at radius 2 is 1.59 bits per heavy atom. The number of ether oxygens (including phenoxy) is 3. The van der Waals surface area contributed by atoms with Gasteiger partial charge in [0.15, 0.2) is 0 Å². The summed E-state index contributed by atoms with van der Waals surface area (Å²) in [5.41, 5.74) is 4.02. The fourth-order valence-electron chi connectivity index (χ4n) is 4.04.